The summed E-state index contributed by atoms with van der Waals surface area (Å²) in [7, 11) is 4.99. The van der Waals surface area contributed by atoms with Crippen molar-refractivity contribution in [2.75, 3.05) is 42.7 Å². The first-order valence-electron chi connectivity index (χ1n) is 11.0. The van der Waals surface area contributed by atoms with Crippen LogP contribution in [0.25, 0.3) is 12.2 Å². The zero-order chi connectivity index (χ0) is 27.2. The highest BCUT2D eigenvalue weighted by Gasteiger charge is 2.23. The van der Waals surface area contributed by atoms with Gasteiger partial charge in [0.25, 0.3) is 0 Å². The number of benzene rings is 3. The third-order valence-electron chi connectivity index (χ3n) is 5.67. The van der Waals surface area contributed by atoms with Gasteiger partial charge in [0, 0.05) is 11.6 Å². The number of aromatic hydroxyl groups is 1. The van der Waals surface area contributed by atoms with Gasteiger partial charge in [0.1, 0.15) is 0 Å². The molecule has 0 aliphatic carbocycles. The van der Waals surface area contributed by atoms with Crippen molar-refractivity contribution in [2.24, 2.45) is 0 Å². The van der Waals surface area contributed by atoms with Crippen LogP contribution in [0, 0.1) is 0 Å². The summed E-state index contributed by atoms with van der Waals surface area (Å²) in [6.45, 7) is 0. The van der Waals surface area contributed by atoms with Crippen LogP contribution in [0.1, 0.15) is 16.7 Å². The van der Waals surface area contributed by atoms with E-state index in [0.29, 0.717) is 34.1 Å². The van der Waals surface area contributed by atoms with Crippen LogP contribution in [0.2, 0.25) is 0 Å². The summed E-state index contributed by atoms with van der Waals surface area (Å²) in [4.78, 5) is -0.0600. The van der Waals surface area contributed by atoms with E-state index in [1.807, 2.05) is 0 Å². The van der Waals surface area contributed by atoms with E-state index in [-0.39, 0.29) is 22.1 Å². The smallest absolute Gasteiger partial charge is 0.203 e. The standard InChI is InChI=1S/C27H30O9S/c1-31-22-12-10-19(15-21(22)28)37(29,30)16-20-18(9-11-23(32-2)26(20)35-5)8-7-17-13-24(33-3)27(36-6)25(14-17)34-4/h7-15,28H,16H2,1-6H3/b8-7-. The van der Waals surface area contributed by atoms with Crippen molar-refractivity contribution >= 4 is 22.0 Å². The van der Waals surface area contributed by atoms with E-state index in [1.54, 1.807) is 36.4 Å². The number of rotatable bonds is 11. The minimum absolute atomic E-state index is 0.0600. The number of hydrogen-bond acceptors (Lipinski definition) is 9. The molecule has 3 rings (SSSR count). The summed E-state index contributed by atoms with van der Waals surface area (Å²) in [5.41, 5.74) is 1.71. The van der Waals surface area contributed by atoms with Crippen molar-refractivity contribution < 1.29 is 41.9 Å². The Kier molecular flexibility index (Phi) is 8.77. The van der Waals surface area contributed by atoms with E-state index in [2.05, 4.69) is 0 Å². The summed E-state index contributed by atoms with van der Waals surface area (Å²) in [5.74, 6) is 1.59. The second-order valence-electron chi connectivity index (χ2n) is 7.75. The van der Waals surface area contributed by atoms with E-state index < -0.39 is 15.6 Å². The zero-order valence-corrected chi connectivity index (χ0v) is 22.3. The molecule has 198 valence electrons. The molecule has 1 N–H and O–H groups in total. The molecule has 0 unspecified atom stereocenters. The predicted octanol–water partition coefficient (Wildman–Crippen LogP) is 4.59. The van der Waals surface area contributed by atoms with Crippen LogP contribution >= 0.6 is 0 Å². The van der Waals surface area contributed by atoms with Crippen molar-refractivity contribution in [3.05, 3.63) is 59.2 Å². The van der Waals surface area contributed by atoms with Crippen LogP contribution in [0.4, 0.5) is 0 Å². The fraction of sp³-hybridized carbons (Fsp3) is 0.259. The Bertz CT molecular complexity index is 1370. The van der Waals surface area contributed by atoms with E-state index in [1.165, 1.54) is 54.8 Å². The highest BCUT2D eigenvalue weighted by atomic mass is 32.2. The average molecular weight is 531 g/mol. The second-order valence-corrected chi connectivity index (χ2v) is 9.74. The molecule has 0 radical (unpaired) electrons. The van der Waals surface area contributed by atoms with Crippen LogP contribution in [0.3, 0.4) is 0 Å². The van der Waals surface area contributed by atoms with Crippen molar-refractivity contribution in [3.8, 4) is 40.2 Å². The SMILES string of the molecule is COc1ccc(S(=O)(=O)Cc2c(/C=C\c3cc(OC)c(OC)c(OC)c3)ccc(OC)c2OC)cc1O. The van der Waals surface area contributed by atoms with Gasteiger partial charge in [-0.3, -0.25) is 0 Å². The summed E-state index contributed by atoms with van der Waals surface area (Å²) < 4.78 is 58.9. The maximum absolute atomic E-state index is 13.4. The number of hydrogen-bond donors (Lipinski definition) is 1. The molecule has 0 aliphatic rings. The lowest BCUT2D eigenvalue weighted by Gasteiger charge is -2.16. The molecule has 0 heterocycles. The third-order valence-corrected chi connectivity index (χ3v) is 7.31. The number of ether oxygens (including phenoxy) is 6. The summed E-state index contributed by atoms with van der Waals surface area (Å²) in [6, 6.07) is 10.9. The van der Waals surface area contributed by atoms with E-state index in [9.17, 15) is 13.5 Å². The molecule has 0 bridgehead atoms. The van der Waals surface area contributed by atoms with Crippen molar-refractivity contribution in [1.82, 2.24) is 0 Å². The summed E-state index contributed by atoms with van der Waals surface area (Å²) in [6.07, 6.45) is 3.56. The van der Waals surface area contributed by atoms with Gasteiger partial charge in [-0.15, -0.1) is 0 Å². The number of phenols is 1. The first-order valence-corrected chi connectivity index (χ1v) is 12.7. The highest BCUT2D eigenvalue weighted by Crippen LogP contribution is 2.40. The normalized spacial score (nSPS) is 11.3. The molecule has 0 atom stereocenters. The van der Waals surface area contributed by atoms with Gasteiger partial charge in [-0.2, -0.15) is 0 Å². The lowest BCUT2D eigenvalue weighted by molar-refractivity contribution is 0.324. The Morgan fingerprint density at radius 2 is 1.24 bits per heavy atom. The van der Waals surface area contributed by atoms with Gasteiger partial charge in [0.05, 0.1) is 53.3 Å². The van der Waals surface area contributed by atoms with Gasteiger partial charge in [0.2, 0.25) is 5.75 Å². The Balaban J connectivity index is 2.10. The maximum Gasteiger partial charge on any atom is 0.203 e. The molecular weight excluding hydrogens is 500 g/mol. The first kappa shape index (κ1) is 27.5. The van der Waals surface area contributed by atoms with Crippen molar-refractivity contribution in [2.45, 2.75) is 10.6 Å². The molecule has 37 heavy (non-hydrogen) atoms. The predicted molar refractivity (Wildman–Crippen MR) is 140 cm³/mol. The van der Waals surface area contributed by atoms with Crippen LogP contribution in [-0.2, 0) is 15.6 Å². The van der Waals surface area contributed by atoms with E-state index in [0.717, 1.165) is 11.6 Å². The average Bonchev–Trinajstić information content (AvgIpc) is 2.90. The molecule has 0 spiro atoms. The Morgan fingerprint density at radius 3 is 1.76 bits per heavy atom. The molecule has 3 aromatic rings. The minimum Gasteiger partial charge on any atom is -0.504 e. The number of sulfone groups is 1. The number of methoxy groups -OCH3 is 6. The first-order chi connectivity index (χ1) is 17.7. The molecule has 9 nitrogen and oxygen atoms in total. The van der Waals surface area contributed by atoms with Crippen molar-refractivity contribution in [1.29, 1.82) is 0 Å². The Labute approximate surface area is 216 Å². The molecule has 0 aliphatic heterocycles. The van der Waals surface area contributed by atoms with E-state index in [4.69, 9.17) is 28.4 Å². The monoisotopic (exact) mass is 530 g/mol. The topological polar surface area (TPSA) is 110 Å². The largest absolute Gasteiger partial charge is 0.504 e. The van der Waals surface area contributed by atoms with Gasteiger partial charge in [-0.05, 0) is 41.5 Å². The van der Waals surface area contributed by atoms with Gasteiger partial charge >= 0.3 is 0 Å². The van der Waals surface area contributed by atoms with Crippen LogP contribution < -0.4 is 28.4 Å². The quantitative estimate of drug-likeness (QED) is 0.356. The third kappa shape index (κ3) is 5.86. The summed E-state index contributed by atoms with van der Waals surface area (Å²) >= 11 is 0. The molecule has 0 aromatic heterocycles. The molecule has 0 saturated heterocycles. The van der Waals surface area contributed by atoms with Gasteiger partial charge in [0.15, 0.2) is 44.3 Å². The Morgan fingerprint density at radius 1 is 0.676 bits per heavy atom. The lowest BCUT2D eigenvalue weighted by atomic mass is 10.0. The van der Waals surface area contributed by atoms with Gasteiger partial charge in [-0.1, -0.05) is 18.2 Å². The van der Waals surface area contributed by atoms with Crippen LogP contribution in [0.15, 0.2) is 47.4 Å². The molecule has 10 heteroatoms. The summed E-state index contributed by atoms with van der Waals surface area (Å²) in [5, 5.41) is 10.1. The molecular formula is C27H30O9S. The molecule has 3 aromatic carbocycles. The molecule has 0 amide bonds. The van der Waals surface area contributed by atoms with Gasteiger partial charge in [-0.25, -0.2) is 8.42 Å². The second kappa shape index (κ2) is 11.8. The van der Waals surface area contributed by atoms with Crippen molar-refractivity contribution in [3.63, 3.8) is 0 Å². The van der Waals surface area contributed by atoms with Crippen LogP contribution in [-0.4, -0.2) is 56.2 Å². The Hall–Kier alpha value is -4.05. The fourth-order valence-corrected chi connectivity index (χ4v) is 5.24. The lowest BCUT2D eigenvalue weighted by Crippen LogP contribution is -2.08. The molecule has 0 fully saturated rings. The fourth-order valence-electron chi connectivity index (χ4n) is 3.83. The van der Waals surface area contributed by atoms with Crippen LogP contribution in [0.5, 0.6) is 40.2 Å². The minimum atomic E-state index is -3.90. The maximum atomic E-state index is 13.4. The van der Waals surface area contributed by atoms with Gasteiger partial charge < -0.3 is 33.5 Å². The highest BCUT2D eigenvalue weighted by molar-refractivity contribution is 7.90. The van der Waals surface area contributed by atoms with E-state index >= 15 is 0 Å². The zero-order valence-electron chi connectivity index (χ0n) is 21.5. The molecule has 0 saturated carbocycles. The number of phenolic OH excluding ortho intramolecular Hbond substituents is 1.